The van der Waals surface area contributed by atoms with Crippen molar-refractivity contribution in [3.05, 3.63) is 0 Å². The number of thiol groups is 1. The third-order valence-corrected chi connectivity index (χ3v) is 9.30. The van der Waals surface area contributed by atoms with E-state index in [1.165, 1.54) is 218 Å². The summed E-state index contributed by atoms with van der Waals surface area (Å²) < 4.78 is 0. The van der Waals surface area contributed by atoms with Gasteiger partial charge in [0.1, 0.15) is 0 Å². The Morgan fingerprint density at radius 3 is 0.605 bits per heavy atom. The predicted molar refractivity (Wildman–Crippen MR) is 181 cm³/mol. The maximum Gasteiger partial charge on any atom is 0.00168 e. The fourth-order valence-electron chi connectivity index (χ4n) is 6.00. The highest BCUT2D eigenvalue weighted by molar-refractivity contribution is 7.80. The molecule has 0 nitrogen and oxygen atoms in total. The Labute approximate surface area is 249 Å². The third-order valence-electron chi connectivity index (χ3n) is 8.78. The van der Waals surface area contributed by atoms with Gasteiger partial charge in [0.25, 0.3) is 0 Å². The first kappa shape index (κ1) is 38.4. The third kappa shape index (κ3) is 34.4. The summed E-state index contributed by atoms with van der Waals surface area (Å²) in [6.07, 6.45) is 49.4. The predicted octanol–water partition coefficient (Wildman–Crippen LogP) is 14.6. The molecule has 0 heterocycles. The molecular formula is C37H76S. The minimum atomic E-state index is 0.660. The topological polar surface area (TPSA) is 0 Å². The van der Waals surface area contributed by atoms with E-state index in [9.17, 15) is 0 Å². The maximum absolute atomic E-state index is 4.88. The van der Waals surface area contributed by atoms with E-state index in [0.717, 1.165) is 0 Å². The van der Waals surface area contributed by atoms with Gasteiger partial charge in [0.15, 0.2) is 0 Å². The number of rotatable bonds is 34. The Balaban J connectivity index is 3.13. The standard InChI is InChI=1S/C37H76S/c1-3-5-7-9-11-13-15-17-19-21-23-25-27-29-31-33-35-37(38)36-34-32-30-28-26-24-22-20-18-16-14-12-10-8-6-4-2/h37-38H,3-36H2,1-2H3. The molecule has 0 amide bonds. The van der Waals surface area contributed by atoms with Gasteiger partial charge in [-0.1, -0.05) is 219 Å². The van der Waals surface area contributed by atoms with Gasteiger partial charge >= 0.3 is 0 Å². The summed E-state index contributed by atoms with van der Waals surface area (Å²) in [7, 11) is 0. The lowest BCUT2D eigenvalue weighted by molar-refractivity contribution is 0.515. The molecule has 0 saturated heterocycles. The number of unbranched alkanes of at least 4 members (excludes halogenated alkanes) is 30. The summed E-state index contributed by atoms with van der Waals surface area (Å²) in [6.45, 7) is 4.61. The molecule has 0 radical (unpaired) electrons. The summed E-state index contributed by atoms with van der Waals surface area (Å²) in [6, 6.07) is 0. The second kappa shape index (κ2) is 35.4. The molecule has 0 unspecified atom stereocenters. The fourth-order valence-corrected chi connectivity index (χ4v) is 6.37. The first-order valence-electron chi connectivity index (χ1n) is 18.5. The Hall–Kier alpha value is 0.350. The van der Waals surface area contributed by atoms with Crippen LogP contribution in [-0.2, 0) is 0 Å². The SMILES string of the molecule is CCCCCCCCCCCCCCCCCCC(S)CCCCCCCCCCCCCCCCCC. The van der Waals surface area contributed by atoms with Gasteiger partial charge in [-0.2, -0.15) is 12.6 Å². The molecule has 0 spiro atoms. The van der Waals surface area contributed by atoms with Crippen LogP contribution in [0.3, 0.4) is 0 Å². The van der Waals surface area contributed by atoms with Crippen molar-refractivity contribution in [2.45, 2.75) is 237 Å². The smallest absolute Gasteiger partial charge is 0.00168 e. The van der Waals surface area contributed by atoms with Crippen molar-refractivity contribution in [2.75, 3.05) is 0 Å². The lowest BCUT2D eigenvalue weighted by Gasteiger charge is -2.10. The molecule has 0 aliphatic rings. The van der Waals surface area contributed by atoms with E-state index in [1.807, 2.05) is 0 Å². The highest BCUT2D eigenvalue weighted by Gasteiger charge is 2.03. The van der Waals surface area contributed by atoms with Gasteiger partial charge in [0.2, 0.25) is 0 Å². The molecule has 0 N–H and O–H groups in total. The number of hydrogen-bond donors (Lipinski definition) is 1. The van der Waals surface area contributed by atoms with Gasteiger partial charge in [-0.05, 0) is 12.8 Å². The largest absolute Gasteiger partial charge is 0.176 e. The van der Waals surface area contributed by atoms with Gasteiger partial charge < -0.3 is 0 Å². The summed E-state index contributed by atoms with van der Waals surface area (Å²) in [5.41, 5.74) is 0. The average Bonchev–Trinajstić information content (AvgIpc) is 2.92. The lowest BCUT2D eigenvalue weighted by atomic mass is 10.0. The zero-order chi connectivity index (χ0) is 27.6. The van der Waals surface area contributed by atoms with Crippen molar-refractivity contribution >= 4 is 12.6 Å². The Morgan fingerprint density at radius 1 is 0.263 bits per heavy atom. The fraction of sp³-hybridized carbons (Fsp3) is 1.00. The maximum atomic E-state index is 4.88. The van der Waals surface area contributed by atoms with E-state index in [-0.39, 0.29) is 0 Å². The highest BCUT2D eigenvalue weighted by Crippen LogP contribution is 2.19. The second-order valence-corrected chi connectivity index (χ2v) is 13.6. The van der Waals surface area contributed by atoms with Crippen molar-refractivity contribution in [1.82, 2.24) is 0 Å². The molecule has 0 aromatic carbocycles. The normalized spacial score (nSPS) is 11.7. The van der Waals surface area contributed by atoms with E-state index >= 15 is 0 Å². The van der Waals surface area contributed by atoms with Crippen molar-refractivity contribution in [2.24, 2.45) is 0 Å². The molecule has 230 valence electrons. The van der Waals surface area contributed by atoms with Gasteiger partial charge in [0, 0.05) is 5.25 Å². The molecule has 0 saturated carbocycles. The second-order valence-electron chi connectivity index (χ2n) is 12.8. The van der Waals surface area contributed by atoms with Crippen molar-refractivity contribution in [3.63, 3.8) is 0 Å². The van der Waals surface area contributed by atoms with E-state index < -0.39 is 0 Å². The summed E-state index contributed by atoms with van der Waals surface area (Å²) >= 11 is 4.88. The Kier molecular flexibility index (Phi) is 35.7. The molecular weight excluding hydrogens is 476 g/mol. The first-order valence-corrected chi connectivity index (χ1v) is 19.0. The molecule has 0 aromatic rings. The molecule has 38 heavy (non-hydrogen) atoms. The minimum absolute atomic E-state index is 0.660. The van der Waals surface area contributed by atoms with Gasteiger partial charge in [-0.25, -0.2) is 0 Å². The zero-order valence-electron chi connectivity index (χ0n) is 27.1. The van der Waals surface area contributed by atoms with E-state index in [2.05, 4.69) is 13.8 Å². The lowest BCUT2D eigenvalue weighted by Crippen LogP contribution is -1.98. The van der Waals surface area contributed by atoms with Crippen molar-refractivity contribution in [3.8, 4) is 0 Å². The summed E-state index contributed by atoms with van der Waals surface area (Å²) in [5, 5.41) is 0.660. The van der Waals surface area contributed by atoms with E-state index in [0.29, 0.717) is 5.25 Å². The highest BCUT2D eigenvalue weighted by atomic mass is 32.1. The first-order chi connectivity index (χ1) is 18.8. The molecule has 0 rings (SSSR count). The van der Waals surface area contributed by atoms with Crippen LogP contribution < -0.4 is 0 Å². The molecule has 0 fully saturated rings. The Bertz CT molecular complexity index is 356. The van der Waals surface area contributed by atoms with Crippen LogP contribution in [0.15, 0.2) is 0 Å². The van der Waals surface area contributed by atoms with Crippen LogP contribution in [0.5, 0.6) is 0 Å². The van der Waals surface area contributed by atoms with Crippen LogP contribution in [0.2, 0.25) is 0 Å². The van der Waals surface area contributed by atoms with Crippen molar-refractivity contribution in [1.29, 1.82) is 0 Å². The molecule has 0 aliphatic heterocycles. The number of hydrogen-bond acceptors (Lipinski definition) is 1. The average molecular weight is 553 g/mol. The van der Waals surface area contributed by atoms with Crippen LogP contribution >= 0.6 is 12.6 Å². The van der Waals surface area contributed by atoms with E-state index in [1.54, 1.807) is 0 Å². The van der Waals surface area contributed by atoms with Crippen LogP contribution in [0, 0.1) is 0 Å². The molecule has 0 aromatic heterocycles. The molecule has 0 atom stereocenters. The monoisotopic (exact) mass is 553 g/mol. The van der Waals surface area contributed by atoms with E-state index in [4.69, 9.17) is 12.6 Å². The van der Waals surface area contributed by atoms with Gasteiger partial charge in [0.05, 0.1) is 0 Å². The van der Waals surface area contributed by atoms with Crippen LogP contribution in [0.4, 0.5) is 0 Å². The van der Waals surface area contributed by atoms with Crippen LogP contribution in [0.1, 0.15) is 232 Å². The quantitative estimate of drug-likeness (QED) is 0.0595. The van der Waals surface area contributed by atoms with Gasteiger partial charge in [-0.15, -0.1) is 0 Å². The Morgan fingerprint density at radius 2 is 0.421 bits per heavy atom. The summed E-state index contributed by atoms with van der Waals surface area (Å²) in [4.78, 5) is 0. The van der Waals surface area contributed by atoms with Crippen LogP contribution in [-0.4, -0.2) is 5.25 Å². The summed E-state index contributed by atoms with van der Waals surface area (Å²) in [5.74, 6) is 0. The van der Waals surface area contributed by atoms with Gasteiger partial charge in [-0.3, -0.25) is 0 Å². The zero-order valence-corrected chi connectivity index (χ0v) is 28.0. The van der Waals surface area contributed by atoms with Crippen molar-refractivity contribution < 1.29 is 0 Å². The minimum Gasteiger partial charge on any atom is -0.176 e. The molecule has 0 bridgehead atoms. The molecule has 1 heteroatoms. The van der Waals surface area contributed by atoms with Crippen LogP contribution in [0.25, 0.3) is 0 Å². The molecule has 0 aliphatic carbocycles.